The van der Waals surface area contributed by atoms with Crippen LogP contribution in [0.3, 0.4) is 0 Å². The number of nitrogens with one attached hydrogen (secondary N) is 1. The van der Waals surface area contributed by atoms with Gasteiger partial charge in [-0.1, -0.05) is 262 Å². The van der Waals surface area contributed by atoms with E-state index in [9.17, 15) is 19.8 Å². The molecule has 66 heavy (non-hydrogen) atoms. The number of hydrogen-bond acceptors (Lipinski definition) is 5. The van der Waals surface area contributed by atoms with E-state index in [0.717, 1.165) is 89.9 Å². The number of carbonyl (C=O) groups excluding carboxylic acids is 2. The van der Waals surface area contributed by atoms with E-state index in [1.807, 2.05) is 0 Å². The molecule has 0 aromatic rings. The zero-order valence-corrected chi connectivity index (χ0v) is 44.1. The highest BCUT2D eigenvalue weighted by Gasteiger charge is 2.24. The van der Waals surface area contributed by atoms with Gasteiger partial charge in [0, 0.05) is 6.42 Å². The summed E-state index contributed by atoms with van der Waals surface area (Å²) in [4.78, 5) is 26.3. The third-order valence-electron chi connectivity index (χ3n) is 13.2. The summed E-state index contributed by atoms with van der Waals surface area (Å²) in [6.45, 7) is 6.38. The van der Waals surface area contributed by atoms with Gasteiger partial charge in [-0.25, -0.2) is 0 Å². The van der Waals surface area contributed by atoms with Crippen LogP contribution in [0.15, 0.2) is 48.6 Å². The molecule has 3 N–H and O–H groups in total. The average Bonchev–Trinajstić information content (AvgIpc) is 3.31. The van der Waals surface area contributed by atoms with Crippen LogP contribution in [-0.4, -0.2) is 46.9 Å². The summed E-state index contributed by atoms with van der Waals surface area (Å²) in [5, 5.41) is 23.9. The second-order valence-electron chi connectivity index (χ2n) is 19.7. The lowest BCUT2D eigenvalue weighted by atomic mass is 10.0. The maximum Gasteiger partial charge on any atom is 0.306 e. The Kier molecular flexibility index (Phi) is 52.0. The fourth-order valence-electron chi connectivity index (χ4n) is 8.84. The monoisotopic (exact) mass is 926 g/mol. The van der Waals surface area contributed by atoms with Crippen molar-refractivity contribution >= 4 is 11.9 Å². The summed E-state index contributed by atoms with van der Waals surface area (Å²) >= 11 is 0. The van der Waals surface area contributed by atoms with Crippen molar-refractivity contribution in [2.45, 2.75) is 315 Å². The van der Waals surface area contributed by atoms with Crippen LogP contribution in [-0.2, 0) is 14.3 Å². The number of carbonyl (C=O) groups is 2. The molecule has 0 aliphatic heterocycles. The highest BCUT2D eigenvalue weighted by atomic mass is 16.5. The van der Waals surface area contributed by atoms with Crippen molar-refractivity contribution in [1.29, 1.82) is 0 Å². The van der Waals surface area contributed by atoms with Gasteiger partial charge in [0.2, 0.25) is 5.91 Å². The Morgan fingerprint density at radius 2 is 0.833 bits per heavy atom. The van der Waals surface area contributed by atoms with E-state index in [-0.39, 0.29) is 24.9 Å². The Morgan fingerprint density at radius 1 is 0.455 bits per heavy atom. The van der Waals surface area contributed by atoms with E-state index in [4.69, 9.17) is 4.74 Å². The van der Waals surface area contributed by atoms with Crippen LogP contribution >= 0.6 is 0 Å². The quantitative estimate of drug-likeness (QED) is 0.0244. The van der Waals surface area contributed by atoms with E-state index >= 15 is 0 Å². The molecule has 0 aromatic heterocycles. The first-order valence-electron chi connectivity index (χ1n) is 28.9. The normalized spacial score (nSPS) is 13.5. The van der Waals surface area contributed by atoms with Crippen LogP contribution in [0.1, 0.15) is 297 Å². The van der Waals surface area contributed by atoms with E-state index in [1.54, 1.807) is 0 Å². The number of aliphatic hydroxyl groups is 2. The van der Waals surface area contributed by atoms with Crippen LogP contribution in [0.25, 0.3) is 0 Å². The highest BCUT2D eigenvalue weighted by molar-refractivity contribution is 5.77. The molecule has 0 aromatic carbocycles. The molecule has 386 valence electrons. The van der Waals surface area contributed by atoms with Crippen LogP contribution in [0, 0.1) is 0 Å². The first kappa shape index (κ1) is 63.8. The summed E-state index contributed by atoms with van der Waals surface area (Å²) in [5.41, 5.74) is 0. The zero-order chi connectivity index (χ0) is 48.1. The number of rotatable bonds is 52. The molecule has 3 unspecified atom stereocenters. The molecule has 0 saturated heterocycles. The number of unbranched alkanes of at least 4 members (excludes halogenated alkanes) is 34. The average molecular weight is 927 g/mol. The molecule has 0 bridgehead atoms. The van der Waals surface area contributed by atoms with Crippen molar-refractivity contribution in [2.75, 3.05) is 6.61 Å². The van der Waals surface area contributed by atoms with Crippen LogP contribution in [0.4, 0.5) is 0 Å². The van der Waals surface area contributed by atoms with Gasteiger partial charge in [0.05, 0.1) is 25.2 Å². The Balaban J connectivity index is 4.52. The molecule has 0 aliphatic carbocycles. The Hall–Kier alpha value is -2.18. The predicted molar refractivity (Wildman–Crippen MR) is 287 cm³/mol. The summed E-state index contributed by atoms with van der Waals surface area (Å²) in [6, 6.07) is -0.710. The van der Waals surface area contributed by atoms with Crippen molar-refractivity contribution in [2.24, 2.45) is 0 Å². The number of esters is 1. The minimum absolute atomic E-state index is 0.0619. The van der Waals surface area contributed by atoms with Crippen molar-refractivity contribution in [3.8, 4) is 0 Å². The smallest absolute Gasteiger partial charge is 0.306 e. The van der Waals surface area contributed by atoms with Gasteiger partial charge in [-0.15, -0.1) is 0 Å². The van der Waals surface area contributed by atoms with Gasteiger partial charge < -0.3 is 20.3 Å². The van der Waals surface area contributed by atoms with Gasteiger partial charge in [0.15, 0.2) is 0 Å². The standard InChI is InChI=1S/C60H111NO5/c1-4-7-10-13-16-19-22-25-27-29-30-32-35-38-41-44-47-50-53-60(65)66-56(51-48-45-42-39-36-33-24-21-18-15-12-9-6-3)54-59(64)61-57(55-62)58(63)52-49-46-43-40-37-34-31-28-26-23-20-17-14-11-8-5-2/h9,12,15,18,21,24,30,32,56-58,62-63H,4-8,10-11,13-14,16-17,19-20,22-23,25-29,31,33-55H2,1-3H3,(H,61,64)/b12-9+,18-15+,24-21+,32-30+. The maximum atomic E-state index is 13.3. The summed E-state index contributed by atoms with van der Waals surface area (Å²) in [5.74, 6) is -0.494. The summed E-state index contributed by atoms with van der Waals surface area (Å²) < 4.78 is 5.95. The number of hydrogen-bond donors (Lipinski definition) is 3. The largest absolute Gasteiger partial charge is 0.462 e. The first-order valence-corrected chi connectivity index (χ1v) is 28.9. The predicted octanol–water partition coefficient (Wildman–Crippen LogP) is 17.8. The third-order valence-corrected chi connectivity index (χ3v) is 13.2. The van der Waals surface area contributed by atoms with Gasteiger partial charge in [0.1, 0.15) is 6.10 Å². The van der Waals surface area contributed by atoms with Crippen LogP contribution in [0.2, 0.25) is 0 Å². The van der Waals surface area contributed by atoms with Crippen molar-refractivity contribution in [1.82, 2.24) is 5.32 Å². The molecule has 0 spiro atoms. The highest BCUT2D eigenvalue weighted by Crippen LogP contribution is 2.18. The lowest BCUT2D eigenvalue weighted by Crippen LogP contribution is -2.46. The molecule has 0 heterocycles. The van der Waals surface area contributed by atoms with Crippen LogP contribution in [0.5, 0.6) is 0 Å². The second-order valence-corrected chi connectivity index (χ2v) is 19.7. The molecule has 0 fully saturated rings. The van der Waals surface area contributed by atoms with Gasteiger partial charge in [-0.2, -0.15) is 0 Å². The second kappa shape index (κ2) is 53.8. The van der Waals surface area contributed by atoms with Gasteiger partial charge >= 0.3 is 5.97 Å². The van der Waals surface area contributed by atoms with Gasteiger partial charge in [-0.3, -0.25) is 9.59 Å². The maximum absolute atomic E-state index is 13.3. The molecule has 1 amide bonds. The Morgan fingerprint density at radius 3 is 1.27 bits per heavy atom. The summed E-state index contributed by atoms with van der Waals surface area (Å²) in [6.07, 6.45) is 66.1. The number of allylic oxidation sites excluding steroid dienone is 8. The molecule has 6 heteroatoms. The lowest BCUT2D eigenvalue weighted by Gasteiger charge is -2.24. The van der Waals surface area contributed by atoms with E-state index < -0.39 is 18.2 Å². The van der Waals surface area contributed by atoms with Crippen molar-refractivity contribution in [3.63, 3.8) is 0 Å². The third kappa shape index (κ3) is 48.3. The molecule has 0 saturated carbocycles. The molecule has 6 nitrogen and oxygen atoms in total. The molecule has 3 atom stereocenters. The topological polar surface area (TPSA) is 95.9 Å². The Bertz CT molecular complexity index is 1130. The zero-order valence-electron chi connectivity index (χ0n) is 44.1. The fraction of sp³-hybridized carbons (Fsp3) is 0.833. The van der Waals surface area contributed by atoms with E-state index in [1.165, 1.54) is 161 Å². The fourth-order valence-corrected chi connectivity index (χ4v) is 8.84. The van der Waals surface area contributed by atoms with Gasteiger partial charge in [-0.05, 0) is 70.6 Å². The molecule has 0 radical (unpaired) electrons. The molecular formula is C60H111NO5. The molecular weight excluding hydrogens is 815 g/mol. The Labute approximate surface area is 410 Å². The molecule has 0 rings (SSSR count). The van der Waals surface area contributed by atoms with E-state index in [2.05, 4.69) is 74.7 Å². The van der Waals surface area contributed by atoms with Gasteiger partial charge in [0.25, 0.3) is 0 Å². The summed E-state index contributed by atoms with van der Waals surface area (Å²) in [7, 11) is 0. The number of amides is 1. The first-order chi connectivity index (χ1) is 32.5. The van der Waals surface area contributed by atoms with E-state index in [0.29, 0.717) is 19.3 Å². The SMILES string of the molecule is CC/C=C/C=C/C=C/CCCCCCCC(CC(=O)NC(CO)C(O)CCCCCCCCCCCCCCCCCC)OC(=O)CCCCCCC/C=C/CCCCCCCCCCC. The van der Waals surface area contributed by atoms with Crippen LogP contribution < -0.4 is 5.32 Å². The van der Waals surface area contributed by atoms with Crippen molar-refractivity contribution < 1.29 is 24.5 Å². The molecule has 0 aliphatic rings. The minimum Gasteiger partial charge on any atom is -0.462 e. The number of ether oxygens (including phenoxy) is 1. The van der Waals surface area contributed by atoms with Crippen molar-refractivity contribution in [3.05, 3.63) is 48.6 Å². The number of aliphatic hydroxyl groups excluding tert-OH is 2. The lowest BCUT2D eigenvalue weighted by molar-refractivity contribution is -0.151. The minimum atomic E-state index is -0.795.